The zero-order valence-corrected chi connectivity index (χ0v) is 13.2. The van der Waals surface area contributed by atoms with Crippen LogP contribution in [0.2, 0.25) is 0 Å². The van der Waals surface area contributed by atoms with E-state index >= 15 is 0 Å². The van der Waals surface area contributed by atoms with Gasteiger partial charge in [-0.2, -0.15) is 0 Å². The van der Waals surface area contributed by atoms with Gasteiger partial charge < -0.3 is 10.7 Å². The fourth-order valence-electron chi connectivity index (χ4n) is 1.91. The molecule has 1 atom stereocenters. The van der Waals surface area contributed by atoms with Crippen LogP contribution in [0.5, 0.6) is 0 Å². The van der Waals surface area contributed by atoms with Crippen LogP contribution in [0, 0.1) is 0 Å². The van der Waals surface area contributed by atoms with Crippen molar-refractivity contribution in [2.45, 2.75) is 31.0 Å². The highest BCUT2D eigenvalue weighted by Crippen LogP contribution is 2.28. The largest absolute Gasteiger partial charge is 0.362 e. The Morgan fingerprint density at radius 2 is 2.20 bits per heavy atom. The third-order valence-electron chi connectivity index (χ3n) is 2.82. The maximum absolute atomic E-state index is 5.45. The third-order valence-corrected chi connectivity index (χ3v) is 4.36. The number of rotatable bonds is 7. The Balaban J connectivity index is 2.21. The summed E-state index contributed by atoms with van der Waals surface area (Å²) in [5, 5.41) is 6.28. The molecular formula is C13H19N5S2. The first kappa shape index (κ1) is 15.1. The van der Waals surface area contributed by atoms with E-state index in [1.165, 1.54) is 16.6 Å². The first-order valence-corrected chi connectivity index (χ1v) is 8.57. The SMILES string of the molecule is CCCC(Nc1cc(NN)nc(SC)n1)c1cccs1. The van der Waals surface area contributed by atoms with Crippen LogP contribution in [0.25, 0.3) is 0 Å². The Morgan fingerprint density at radius 3 is 2.80 bits per heavy atom. The highest BCUT2D eigenvalue weighted by Gasteiger charge is 2.13. The first-order chi connectivity index (χ1) is 9.76. The van der Waals surface area contributed by atoms with Crippen molar-refractivity contribution in [3.8, 4) is 0 Å². The van der Waals surface area contributed by atoms with Crippen LogP contribution in [0.3, 0.4) is 0 Å². The molecule has 20 heavy (non-hydrogen) atoms. The van der Waals surface area contributed by atoms with Crippen molar-refractivity contribution in [1.82, 2.24) is 9.97 Å². The molecule has 0 radical (unpaired) electrons. The van der Waals surface area contributed by atoms with Crippen LogP contribution in [-0.4, -0.2) is 16.2 Å². The molecular weight excluding hydrogens is 290 g/mol. The van der Waals surface area contributed by atoms with Crippen LogP contribution in [0.4, 0.5) is 11.6 Å². The summed E-state index contributed by atoms with van der Waals surface area (Å²) in [6, 6.07) is 6.33. The molecule has 0 aliphatic rings. The number of hydrogen-bond acceptors (Lipinski definition) is 7. The van der Waals surface area contributed by atoms with Gasteiger partial charge in [-0.1, -0.05) is 31.2 Å². The molecule has 0 aliphatic heterocycles. The number of nitrogens with two attached hydrogens (primary N) is 1. The number of aromatic nitrogens is 2. The molecule has 108 valence electrons. The zero-order chi connectivity index (χ0) is 14.4. The molecule has 5 nitrogen and oxygen atoms in total. The van der Waals surface area contributed by atoms with Crippen LogP contribution in [0.15, 0.2) is 28.7 Å². The molecule has 7 heteroatoms. The van der Waals surface area contributed by atoms with Crippen LogP contribution >= 0.6 is 23.1 Å². The lowest BCUT2D eigenvalue weighted by atomic mass is 10.1. The summed E-state index contributed by atoms with van der Waals surface area (Å²) in [4.78, 5) is 10.1. The second-order valence-corrected chi connectivity index (χ2v) is 6.02. The maximum atomic E-state index is 5.45. The van der Waals surface area contributed by atoms with Gasteiger partial charge in [0.25, 0.3) is 0 Å². The van der Waals surface area contributed by atoms with Gasteiger partial charge in [-0.25, -0.2) is 15.8 Å². The van der Waals surface area contributed by atoms with Crippen LogP contribution in [-0.2, 0) is 0 Å². The quantitative estimate of drug-likeness (QED) is 0.314. The summed E-state index contributed by atoms with van der Waals surface area (Å²) in [5.74, 6) is 6.87. The second kappa shape index (κ2) is 7.47. The Hall–Kier alpha value is -1.31. The molecule has 2 heterocycles. The highest BCUT2D eigenvalue weighted by molar-refractivity contribution is 7.98. The predicted molar refractivity (Wildman–Crippen MR) is 87.2 cm³/mol. The summed E-state index contributed by atoms with van der Waals surface area (Å²) in [6.07, 6.45) is 4.12. The van der Waals surface area contributed by atoms with Gasteiger partial charge in [0.05, 0.1) is 6.04 Å². The summed E-state index contributed by atoms with van der Waals surface area (Å²) >= 11 is 3.25. The Morgan fingerprint density at radius 1 is 1.40 bits per heavy atom. The van der Waals surface area contributed by atoms with E-state index in [2.05, 4.69) is 45.1 Å². The summed E-state index contributed by atoms with van der Waals surface area (Å²) in [6.45, 7) is 2.18. The van der Waals surface area contributed by atoms with E-state index in [-0.39, 0.29) is 6.04 Å². The highest BCUT2D eigenvalue weighted by atomic mass is 32.2. The smallest absolute Gasteiger partial charge is 0.191 e. The van der Waals surface area contributed by atoms with E-state index in [1.54, 1.807) is 11.3 Å². The van der Waals surface area contributed by atoms with Gasteiger partial charge in [0.15, 0.2) is 5.16 Å². The van der Waals surface area contributed by atoms with E-state index in [0.29, 0.717) is 11.0 Å². The van der Waals surface area contributed by atoms with E-state index in [4.69, 9.17) is 5.84 Å². The number of nitrogens with one attached hydrogen (secondary N) is 2. The molecule has 0 aliphatic carbocycles. The number of thioether (sulfide) groups is 1. The summed E-state index contributed by atoms with van der Waals surface area (Å²) < 4.78 is 0. The van der Waals surface area contributed by atoms with E-state index < -0.39 is 0 Å². The maximum Gasteiger partial charge on any atom is 0.191 e. The average molecular weight is 309 g/mol. The first-order valence-electron chi connectivity index (χ1n) is 6.46. The molecule has 0 aromatic carbocycles. The second-order valence-electron chi connectivity index (χ2n) is 4.27. The van der Waals surface area contributed by atoms with E-state index in [9.17, 15) is 0 Å². The van der Waals surface area contributed by atoms with Crippen molar-refractivity contribution < 1.29 is 0 Å². The molecule has 4 N–H and O–H groups in total. The number of nitrogens with zero attached hydrogens (tertiary/aromatic N) is 2. The summed E-state index contributed by atoms with van der Waals surface area (Å²) in [5.41, 5.74) is 2.58. The van der Waals surface area contributed by atoms with Crippen LogP contribution in [0.1, 0.15) is 30.7 Å². The lowest BCUT2D eigenvalue weighted by Gasteiger charge is -2.18. The van der Waals surface area contributed by atoms with Gasteiger partial charge in [-0.05, 0) is 24.1 Å². The molecule has 0 saturated carbocycles. The molecule has 1 unspecified atom stereocenters. The van der Waals surface area contributed by atoms with Crippen molar-refractivity contribution in [3.63, 3.8) is 0 Å². The van der Waals surface area contributed by atoms with E-state index in [0.717, 1.165) is 18.7 Å². The van der Waals surface area contributed by atoms with Crippen LogP contribution < -0.4 is 16.6 Å². The number of nitrogen functional groups attached to an aromatic ring is 1. The lowest BCUT2D eigenvalue weighted by molar-refractivity contribution is 0.682. The van der Waals surface area contributed by atoms with Crippen molar-refractivity contribution in [1.29, 1.82) is 0 Å². The minimum absolute atomic E-state index is 0.273. The van der Waals surface area contributed by atoms with Gasteiger partial charge in [0.2, 0.25) is 0 Å². The monoisotopic (exact) mass is 309 g/mol. The number of hydrogen-bond donors (Lipinski definition) is 3. The number of anilines is 2. The molecule has 2 aromatic rings. The Labute approximate surface area is 127 Å². The van der Waals surface area contributed by atoms with E-state index in [1.807, 2.05) is 12.3 Å². The minimum atomic E-state index is 0.273. The third kappa shape index (κ3) is 3.84. The standard InChI is InChI=1S/C13H19N5S2/c1-3-5-9(10-6-4-7-20-10)15-11-8-12(18-14)17-13(16-11)19-2/h4,6-9H,3,5,14H2,1-2H3,(H2,15,16,17,18). The average Bonchev–Trinajstić information content (AvgIpc) is 3.00. The molecule has 0 bridgehead atoms. The predicted octanol–water partition coefficient (Wildman–Crippen LogP) is 3.50. The van der Waals surface area contributed by atoms with Gasteiger partial charge in [-0.3, -0.25) is 0 Å². The molecule has 0 amide bonds. The van der Waals surface area contributed by atoms with Crippen molar-refractivity contribution in [3.05, 3.63) is 28.5 Å². The topological polar surface area (TPSA) is 75.9 Å². The molecule has 0 saturated heterocycles. The summed E-state index contributed by atoms with van der Waals surface area (Å²) in [7, 11) is 0. The lowest BCUT2D eigenvalue weighted by Crippen LogP contribution is -2.13. The van der Waals surface area contributed by atoms with Crippen molar-refractivity contribution in [2.24, 2.45) is 5.84 Å². The molecule has 2 rings (SSSR count). The molecule has 0 fully saturated rings. The van der Waals surface area contributed by atoms with Gasteiger partial charge >= 0.3 is 0 Å². The number of hydrazine groups is 1. The van der Waals surface area contributed by atoms with Crippen molar-refractivity contribution in [2.75, 3.05) is 17.0 Å². The van der Waals surface area contributed by atoms with Gasteiger partial charge in [0, 0.05) is 10.9 Å². The zero-order valence-electron chi connectivity index (χ0n) is 11.6. The van der Waals surface area contributed by atoms with Crippen molar-refractivity contribution >= 4 is 34.7 Å². The Bertz CT molecular complexity index is 507. The fraction of sp³-hybridized carbons (Fsp3) is 0.385. The van der Waals surface area contributed by atoms with Gasteiger partial charge in [-0.15, -0.1) is 11.3 Å². The van der Waals surface area contributed by atoms with Gasteiger partial charge in [0.1, 0.15) is 11.6 Å². The molecule has 0 spiro atoms. The number of thiophene rings is 1. The normalized spacial score (nSPS) is 12.2. The fourth-order valence-corrected chi connectivity index (χ4v) is 3.10. The molecule has 2 aromatic heterocycles. The Kier molecular flexibility index (Phi) is 5.63. The minimum Gasteiger partial charge on any atom is -0.362 e.